The fraction of sp³-hybridized carbons (Fsp3) is 1.00. The highest BCUT2D eigenvalue weighted by Crippen LogP contribution is 2.51. The molecule has 4 atom stereocenters. The van der Waals surface area contributed by atoms with Crippen LogP contribution >= 0.6 is 0 Å². The fourth-order valence-corrected chi connectivity index (χ4v) is 2.71. The van der Waals surface area contributed by atoms with Gasteiger partial charge in [0, 0.05) is 13.7 Å². The number of hydrogen-bond acceptors (Lipinski definition) is 3. The molecule has 0 aromatic carbocycles. The molecule has 15 heavy (non-hydrogen) atoms. The Morgan fingerprint density at radius 2 is 2.07 bits per heavy atom. The standard InChI is InChI=1S/C12H22O3/c1-14-7-12(13)8-15-6-9-2-3-10-5-11(10)4-9/h9-13H,2-8H2,1H3. The van der Waals surface area contributed by atoms with E-state index in [0.29, 0.717) is 13.2 Å². The summed E-state index contributed by atoms with van der Waals surface area (Å²) in [6, 6.07) is 0. The van der Waals surface area contributed by atoms with Crippen molar-refractivity contribution in [2.24, 2.45) is 17.8 Å². The van der Waals surface area contributed by atoms with Crippen molar-refractivity contribution in [2.75, 3.05) is 26.9 Å². The van der Waals surface area contributed by atoms with Crippen molar-refractivity contribution in [3.8, 4) is 0 Å². The third-order valence-corrected chi connectivity index (χ3v) is 3.67. The van der Waals surface area contributed by atoms with Gasteiger partial charge < -0.3 is 14.6 Å². The molecule has 2 rings (SSSR count). The molecule has 0 radical (unpaired) electrons. The Labute approximate surface area is 91.8 Å². The van der Waals surface area contributed by atoms with Crippen LogP contribution in [0.4, 0.5) is 0 Å². The van der Waals surface area contributed by atoms with Gasteiger partial charge in [-0.05, 0) is 43.4 Å². The summed E-state index contributed by atoms with van der Waals surface area (Å²) >= 11 is 0. The molecule has 2 saturated carbocycles. The Kier molecular flexibility index (Phi) is 4.00. The minimum atomic E-state index is -0.465. The third-order valence-electron chi connectivity index (χ3n) is 3.67. The highest BCUT2D eigenvalue weighted by molar-refractivity contribution is 4.92. The second-order valence-electron chi connectivity index (χ2n) is 5.08. The molecule has 2 aliphatic rings. The highest BCUT2D eigenvalue weighted by Gasteiger charge is 2.41. The molecule has 2 aliphatic carbocycles. The molecule has 3 nitrogen and oxygen atoms in total. The Morgan fingerprint density at radius 3 is 2.80 bits per heavy atom. The van der Waals surface area contributed by atoms with Crippen LogP contribution in [-0.2, 0) is 9.47 Å². The molecular weight excluding hydrogens is 192 g/mol. The summed E-state index contributed by atoms with van der Waals surface area (Å²) < 4.78 is 10.4. The van der Waals surface area contributed by atoms with E-state index >= 15 is 0 Å². The normalized spacial score (nSPS) is 36.0. The van der Waals surface area contributed by atoms with Crippen LogP contribution in [-0.4, -0.2) is 38.1 Å². The number of aliphatic hydroxyl groups is 1. The van der Waals surface area contributed by atoms with E-state index in [1.165, 1.54) is 25.7 Å². The monoisotopic (exact) mass is 214 g/mol. The first kappa shape index (κ1) is 11.4. The van der Waals surface area contributed by atoms with E-state index in [9.17, 15) is 5.11 Å². The van der Waals surface area contributed by atoms with Gasteiger partial charge in [-0.1, -0.05) is 0 Å². The van der Waals surface area contributed by atoms with Crippen LogP contribution in [0.25, 0.3) is 0 Å². The van der Waals surface area contributed by atoms with Gasteiger partial charge in [-0.25, -0.2) is 0 Å². The maximum absolute atomic E-state index is 9.39. The minimum absolute atomic E-state index is 0.370. The van der Waals surface area contributed by atoms with Gasteiger partial charge in [-0.2, -0.15) is 0 Å². The minimum Gasteiger partial charge on any atom is -0.388 e. The van der Waals surface area contributed by atoms with Gasteiger partial charge in [-0.3, -0.25) is 0 Å². The Bertz CT molecular complexity index is 195. The first-order valence-electron chi connectivity index (χ1n) is 6.04. The van der Waals surface area contributed by atoms with Gasteiger partial charge in [0.15, 0.2) is 0 Å². The van der Waals surface area contributed by atoms with Crippen LogP contribution in [0.3, 0.4) is 0 Å². The van der Waals surface area contributed by atoms with Crippen LogP contribution in [0.2, 0.25) is 0 Å². The molecule has 0 bridgehead atoms. The first-order valence-corrected chi connectivity index (χ1v) is 6.04. The SMILES string of the molecule is COCC(O)COCC1CCC2CC2C1. The Hall–Kier alpha value is -0.120. The average molecular weight is 214 g/mol. The highest BCUT2D eigenvalue weighted by atomic mass is 16.5. The van der Waals surface area contributed by atoms with Crippen LogP contribution < -0.4 is 0 Å². The first-order chi connectivity index (χ1) is 7.29. The van der Waals surface area contributed by atoms with Crippen LogP contribution in [0, 0.1) is 17.8 Å². The molecule has 0 saturated heterocycles. The number of aliphatic hydroxyl groups excluding tert-OH is 1. The average Bonchev–Trinajstić information content (AvgIpc) is 2.96. The molecule has 88 valence electrons. The van der Waals surface area contributed by atoms with E-state index in [4.69, 9.17) is 9.47 Å². The molecule has 2 fully saturated rings. The van der Waals surface area contributed by atoms with Crippen molar-refractivity contribution in [3.05, 3.63) is 0 Å². The molecule has 4 unspecified atom stereocenters. The zero-order chi connectivity index (χ0) is 10.7. The fourth-order valence-electron chi connectivity index (χ4n) is 2.71. The largest absolute Gasteiger partial charge is 0.388 e. The smallest absolute Gasteiger partial charge is 0.101 e. The molecule has 0 aromatic heterocycles. The number of ether oxygens (including phenoxy) is 2. The lowest BCUT2D eigenvalue weighted by atomic mass is 9.90. The summed E-state index contributed by atoms with van der Waals surface area (Å²) in [6.45, 7) is 1.61. The Morgan fingerprint density at radius 1 is 1.20 bits per heavy atom. The summed E-state index contributed by atoms with van der Waals surface area (Å²) in [4.78, 5) is 0. The predicted molar refractivity (Wildman–Crippen MR) is 57.6 cm³/mol. The maximum Gasteiger partial charge on any atom is 0.101 e. The van der Waals surface area contributed by atoms with Gasteiger partial charge in [0.2, 0.25) is 0 Å². The van der Waals surface area contributed by atoms with E-state index in [2.05, 4.69) is 0 Å². The molecular formula is C12H22O3. The van der Waals surface area contributed by atoms with Gasteiger partial charge in [-0.15, -0.1) is 0 Å². The van der Waals surface area contributed by atoms with E-state index < -0.39 is 6.10 Å². The Balaban J connectivity index is 1.53. The third kappa shape index (κ3) is 3.44. The molecule has 0 aliphatic heterocycles. The molecule has 0 heterocycles. The number of fused-ring (bicyclic) bond motifs is 1. The summed E-state index contributed by atoms with van der Waals surface area (Å²) in [5.41, 5.74) is 0. The lowest BCUT2D eigenvalue weighted by molar-refractivity contribution is -0.0185. The van der Waals surface area contributed by atoms with Crippen molar-refractivity contribution in [1.29, 1.82) is 0 Å². The molecule has 0 spiro atoms. The van der Waals surface area contributed by atoms with Crippen molar-refractivity contribution in [3.63, 3.8) is 0 Å². The van der Waals surface area contributed by atoms with Crippen LogP contribution in [0.5, 0.6) is 0 Å². The lowest BCUT2D eigenvalue weighted by Gasteiger charge is -2.21. The van der Waals surface area contributed by atoms with E-state index in [1.54, 1.807) is 7.11 Å². The molecule has 0 aromatic rings. The second kappa shape index (κ2) is 5.28. The summed E-state index contributed by atoms with van der Waals surface area (Å²) in [6.07, 6.45) is 5.07. The van der Waals surface area contributed by atoms with E-state index in [0.717, 1.165) is 24.4 Å². The topological polar surface area (TPSA) is 38.7 Å². The summed E-state index contributed by atoms with van der Waals surface area (Å²) in [7, 11) is 1.59. The summed E-state index contributed by atoms with van der Waals surface area (Å²) in [5.74, 6) is 2.81. The van der Waals surface area contributed by atoms with Crippen LogP contribution in [0.1, 0.15) is 25.7 Å². The van der Waals surface area contributed by atoms with Crippen molar-refractivity contribution in [2.45, 2.75) is 31.8 Å². The molecule has 0 amide bonds. The van der Waals surface area contributed by atoms with Crippen molar-refractivity contribution >= 4 is 0 Å². The lowest BCUT2D eigenvalue weighted by Crippen LogP contribution is -2.23. The van der Waals surface area contributed by atoms with Gasteiger partial charge in [0.1, 0.15) is 6.10 Å². The zero-order valence-corrected chi connectivity index (χ0v) is 9.52. The molecule has 3 heteroatoms. The van der Waals surface area contributed by atoms with Gasteiger partial charge in [0.25, 0.3) is 0 Å². The number of hydrogen-bond donors (Lipinski definition) is 1. The van der Waals surface area contributed by atoms with Crippen molar-refractivity contribution in [1.82, 2.24) is 0 Å². The number of rotatable bonds is 6. The number of methoxy groups -OCH3 is 1. The zero-order valence-electron chi connectivity index (χ0n) is 9.52. The van der Waals surface area contributed by atoms with Crippen molar-refractivity contribution < 1.29 is 14.6 Å². The summed E-state index contributed by atoms with van der Waals surface area (Å²) in [5, 5.41) is 9.39. The maximum atomic E-state index is 9.39. The van der Waals surface area contributed by atoms with Crippen LogP contribution in [0.15, 0.2) is 0 Å². The second-order valence-corrected chi connectivity index (χ2v) is 5.08. The van der Waals surface area contributed by atoms with E-state index in [1.807, 2.05) is 0 Å². The van der Waals surface area contributed by atoms with E-state index in [-0.39, 0.29) is 0 Å². The predicted octanol–water partition coefficient (Wildman–Crippen LogP) is 1.45. The van der Waals surface area contributed by atoms with Gasteiger partial charge in [0.05, 0.1) is 13.2 Å². The van der Waals surface area contributed by atoms with Gasteiger partial charge >= 0.3 is 0 Å². The quantitative estimate of drug-likeness (QED) is 0.727. The molecule has 1 N–H and O–H groups in total.